The van der Waals surface area contributed by atoms with E-state index in [1.165, 1.54) is 6.33 Å². The predicted octanol–water partition coefficient (Wildman–Crippen LogP) is 3.43. The molecule has 0 bridgehead atoms. The summed E-state index contributed by atoms with van der Waals surface area (Å²) in [6, 6.07) is 10.8. The summed E-state index contributed by atoms with van der Waals surface area (Å²) in [7, 11) is 0. The molecule has 0 spiro atoms. The summed E-state index contributed by atoms with van der Waals surface area (Å²) in [5.41, 5.74) is 8.42. The lowest BCUT2D eigenvalue weighted by Gasteiger charge is -2.14. The number of aromatic nitrogens is 3. The molecule has 0 unspecified atom stereocenters. The van der Waals surface area contributed by atoms with Gasteiger partial charge in [-0.15, -0.1) is 0 Å². The summed E-state index contributed by atoms with van der Waals surface area (Å²) in [6.07, 6.45) is 3.06. The Bertz CT molecular complexity index is 960. The first-order valence-electron chi connectivity index (χ1n) is 8.42. The zero-order valence-corrected chi connectivity index (χ0v) is 15.1. The van der Waals surface area contributed by atoms with E-state index in [9.17, 15) is 4.79 Å². The van der Waals surface area contributed by atoms with Gasteiger partial charge in [-0.1, -0.05) is 18.2 Å². The fourth-order valence-corrected chi connectivity index (χ4v) is 2.43. The standard InChI is InChI=1S/C19H20N6O2/c1-3-27-19(26)13-8-4-5-9-14(13)24-17-15(20)18(23-11-22-17)25-16-12(2)7-6-10-21-16/h4-11H,3,20H2,1-2H3,(H2,21,22,23,24,25). The van der Waals surface area contributed by atoms with Crippen molar-refractivity contribution >= 4 is 34.8 Å². The molecule has 1 aromatic carbocycles. The number of carbonyl (C=O) groups is 1. The number of aryl methyl sites for hydroxylation is 1. The third-order valence-electron chi connectivity index (χ3n) is 3.81. The Morgan fingerprint density at radius 3 is 2.52 bits per heavy atom. The lowest BCUT2D eigenvalue weighted by molar-refractivity contribution is 0.0527. The van der Waals surface area contributed by atoms with E-state index in [-0.39, 0.29) is 0 Å². The summed E-state index contributed by atoms with van der Waals surface area (Å²) >= 11 is 0. The molecule has 0 saturated carbocycles. The summed E-state index contributed by atoms with van der Waals surface area (Å²) in [6.45, 7) is 3.98. The topological polar surface area (TPSA) is 115 Å². The third kappa shape index (κ3) is 4.12. The number of nitrogens with two attached hydrogens (primary N) is 1. The molecule has 8 heteroatoms. The van der Waals surface area contributed by atoms with E-state index in [0.717, 1.165) is 5.56 Å². The van der Waals surface area contributed by atoms with Crippen LogP contribution in [-0.4, -0.2) is 27.5 Å². The van der Waals surface area contributed by atoms with Crippen LogP contribution in [0.3, 0.4) is 0 Å². The van der Waals surface area contributed by atoms with E-state index >= 15 is 0 Å². The lowest BCUT2D eigenvalue weighted by Crippen LogP contribution is -2.10. The minimum Gasteiger partial charge on any atom is -0.462 e. The number of nitrogen functional groups attached to an aromatic ring is 1. The molecule has 4 N–H and O–H groups in total. The van der Waals surface area contributed by atoms with Crippen molar-refractivity contribution in [3.05, 3.63) is 60.0 Å². The predicted molar refractivity (Wildman–Crippen MR) is 104 cm³/mol. The van der Waals surface area contributed by atoms with Crippen LogP contribution >= 0.6 is 0 Å². The molecule has 2 heterocycles. The highest BCUT2D eigenvalue weighted by Gasteiger charge is 2.15. The number of esters is 1. The molecule has 0 radical (unpaired) electrons. The Labute approximate surface area is 156 Å². The highest BCUT2D eigenvalue weighted by Crippen LogP contribution is 2.29. The van der Waals surface area contributed by atoms with Crippen molar-refractivity contribution in [2.24, 2.45) is 0 Å². The monoisotopic (exact) mass is 364 g/mol. The van der Waals surface area contributed by atoms with Crippen LogP contribution in [0.5, 0.6) is 0 Å². The van der Waals surface area contributed by atoms with Crippen molar-refractivity contribution in [3.63, 3.8) is 0 Å². The van der Waals surface area contributed by atoms with Gasteiger partial charge in [0.1, 0.15) is 17.8 Å². The smallest absolute Gasteiger partial charge is 0.340 e. The van der Waals surface area contributed by atoms with E-state index in [4.69, 9.17) is 10.5 Å². The highest BCUT2D eigenvalue weighted by atomic mass is 16.5. The molecule has 0 atom stereocenters. The van der Waals surface area contributed by atoms with Gasteiger partial charge >= 0.3 is 5.97 Å². The van der Waals surface area contributed by atoms with E-state index in [2.05, 4.69) is 25.6 Å². The van der Waals surface area contributed by atoms with Gasteiger partial charge in [0, 0.05) is 6.20 Å². The number of carbonyl (C=O) groups excluding carboxylic acids is 1. The van der Waals surface area contributed by atoms with Crippen LogP contribution in [0.25, 0.3) is 0 Å². The van der Waals surface area contributed by atoms with Gasteiger partial charge in [0.25, 0.3) is 0 Å². The molecule has 0 saturated heterocycles. The van der Waals surface area contributed by atoms with Gasteiger partial charge in [-0.2, -0.15) is 0 Å². The minimum atomic E-state index is -0.421. The molecule has 3 aromatic rings. The molecule has 27 heavy (non-hydrogen) atoms. The van der Waals surface area contributed by atoms with Gasteiger partial charge in [0.2, 0.25) is 0 Å². The summed E-state index contributed by atoms with van der Waals surface area (Å²) in [5, 5.41) is 6.19. The van der Waals surface area contributed by atoms with Crippen LogP contribution in [0, 0.1) is 6.92 Å². The maximum absolute atomic E-state index is 12.1. The van der Waals surface area contributed by atoms with Crippen molar-refractivity contribution in [1.82, 2.24) is 15.0 Å². The lowest BCUT2D eigenvalue weighted by atomic mass is 10.2. The molecule has 8 nitrogen and oxygen atoms in total. The van der Waals surface area contributed by atoms with Crippen molar-refractivity contribution in [2.45, 2.75) is 13.8 Å². The number of para-hydroxylation sites is 1. The highest BCUT2D eigenvalue weighted by molar-refractivity contribution is 5.97. The second kappa shape index (κ2) is 8.13. The molecule has 0 aliphatic heterocycles. The molecule has 2 aromatic heterocycles. The van der Waals surface area contributed by atoms with Crippen LogP contribution in [0.2, 0.25) is 0 Å². The van der Waals surface area contributed by atoms with Gasteiger partial charge in [-0.3, -0.25) is 0 Å². The number of hydrogen-bond acceptors (Lipinski definition) is 8. The largest absolute Gasteiger partial charge is 0.462 e. The van der Waals surface area contributed by atoms with E-state index < -0.39 is 5.97 Å². The van der Waals surface area contributed by atoms with Crippen molar-refractivity contribution < 1.29 is 9.53 Å². The number of rotatable bonds is 6. The van der Waals surface area contributed by atoms with Crippen LogP contribution < -0.4 is 16.4 Å². The Hall–Kier alpha value is -3.68. The van der Waals surface area contributed by atoms with Crippen LogP contribution in [-0.2, 0) is 4.74 Å². The number of nitrogens with one attached hydrogen (secondary N) is 2. The van der Waals surface area contributed by atoms with Crippen LogP contribution in [0.1, 0.15) is 22.8 Å². The van der Waals surface area contributed by atoms with Gasteiger partial charge in [0.15, 0.2) is 11.6 Å². The average Bonchev–Trinajstić information content (AvgIpc) is 2.67. The number of nitrogens with zero attached hydrogens (tertiary/aromatic N) is 3. The van der Waals surface area contributed by atoms with Crippen molar-refractivity contribution in [3.8, 4) is 0 Å². The molecular weight excluding hydrogens is 344 g/mol. The summed E-state index contributed by atoms with van der Waals surface area (Å²) in [5.74, 6) is 1.03. The summed E-state index contributed by atoms with van der Waals surface area (Å²) in [4.78, 5) is 24.8. The Morgan fingerprint density at radius 1 is 1.04 bits per heavy atom. The molecule has 0 aliphatic rings. The Balaban J connectivity index is 1.89. The fourth-order valence-electron chi connectivity index (χ4n) is 2.43. The molecular formula is C19H20N6O2. The van der Waals surface area contributed by atoms with E-state index in [1.807, 2.05) is 19.1 Å². The van der Waals surface area contributed by atoms with Crippen molar-refractivity contribution in [2.75, 3.05) is 23.0 Å². The quantitative estimate of drug-likeness (QED) is 0.570. The van der Waals surface area contributed by atoms with Crippen LogP contribution in [0.15, 0.2) is 48.9 Å². The number of benzene rings is 1. The van der Waals surface area contributed by atoms with E-state index in [1.54, 1.807) is 37.4 Å². The normalized spacial score (nSPS) is 10.3. The Morgan fingerprint density at radius 2 is 1.78 bits per heavy atom. The zero-order chi connectivity index (χ0) is 19.2. The molecule has 0 aliphatic carbocycles. The number of hydrogen-bond donors (Lipinski definition) is 3. The van der Waals surface area contributed by atoms with Gasteiger partial charge in [-0.25, -0.2) is 19.7 Å². The minimum absolute atomic E-state index is 0.292. The van der Waals surface area contributed by atoms with Gasteiger partial charge in [0.05, 0.1) is 17.9 Å². The van der Waals surface area contributed by atoms with Gasteiger partial charge < -0.3 is 21.1 Å². The number of anilines is 5. The summed E-state index contributed by atoms with van der Waals surface area (Å²) < 4.78 is 5.09. The maximum Gasteiger partial charge on any atom is 0.340 e. The zero-order valence-electron chi connectivity index (χ0n) is 15.1. The number of pyridine rings is 1. The second-order valence-corrected chi connectivity index (χ2v) is 5.67. The van der Waals surface area contributed by atoms with Crippen molar-refractivity contribution in [1.29, 1.82) is 0 Å². The number of ether oxygens (including phenoxy) is 1. The Kier molecular flexibility index (Phi) is 5.46. The first kappa shape index (κ1) is 18.1. The first-order valence-corrected chi connectivity index (χ1v) is 8.42. The van der Waals surface area contributed by atoms with Gasteiger partial charge in [-0.05, 0) is 37.6 Å². The third-order valence-corrected chi connectivity index (χ3v) is 3.81. The molecule has 0 amide bonds. The second-order valence-electron chi connectivity index (χ2n) is 5.67. The fraction of sp³-hybridized carbons (Fsp3) is 0.158. The average molecular weight is 364 g/mol. The first-order chi connectivity index (χ1) is 13.1. The molecule has 3 rings (SSSR count). The van der Waals surface area contributed by atoms with Crippen LogP contribution in [0.4, 0.5) is 28.8 Å². The molecule has 0 fully saturated rings. The molecule has 138 valence electrons. The maximum atomic E-state index is 12.1. The van der Waals surface area contributed by atoms with E-state index in [0.29, 0.717) is 41.0 Å². The SMILES string of the molecule is CCOC(=O)c1ccccc1Nc1ncnc(Nc2ncccc2C)c1N.